The Morgan fingerprint density at radius 3 is 2.63 bits per heavy atom. The first-order valence-electron chi connectivity index (χ1n) is 5.87. The van der Waals surface area contributed by atoms with Crippen LogP contribution in [0.15, 0.2) is 18.2 Å². The van der Waals surface area contributed by atoms with Crippen LogP contribution < -0.4 is 4.90 Å². The molecule has 0 amide bonds. The summed E-state index contributed by atoms with van der Waals surface area (Å²) in [6.45, 7) is 1.83. The first kappa shape index (κ1) is 13.3. The zero-order valence-electron chi connectivity index (χ0n) is 11.1. The fraction of sp³-hybridized carbons (Fsp3) is 0.286. The molecular weight excluding hydrogens is 247 g/mol. The highest BCUT2D eigenvalue weighted by molar-refractivity contribution is 5.95. The van der Waals surface area contributed by atoms with Gasteiger partial charge in [0.25, 0.3) is 0 Å². The molecule has 0 spiro atoms. The summed E-state index contributed by atoms with van der Waals surface area (Å²) < 4.78 is 13.7. The molecule has 19 heavy (non-hydrogen) atoms. The Labute approximate surface area is 110 Å². The van der Waals surface area contributed by atoms with E-state index in [4.69, 9.17) is 5.11 Å². The van der Waals surface area contributed by atoms with Crippen molar-refractivity contribution in [3.8, 4) is 0 Å². The van der Waals surface area contributed by atoms with Crippen LogP contribution in [0.4, 0.5) is 10.1 Å². The highest BCUT2D eigenvalue weighted by Crippen LogP contribution is 2.29. The number of pyridine rings is 1. The number of halogens is 1. The number of carboxylic acids is 1. The summed E-state index contributed by atoms with van der Waals surface area (Å²) in [5.74, 6) is -1.45. The molecule has 1 aromatic carbocycles. The first-order chi connectivity index (χ1) is 8.88. The molecule has 0 bridgehead atoms. The summed E-state index contributed by atoms with van der Waals surface area (Å²) in [6, 6.07) is 4.48. The van der Waals surface area contributed by atoms with Crippen molar-refractivity contribution >= 4 is 22.6 Å². The number of rotatable bonds is 3. The van der Waals surface area contributed by atoms with E-state index >= 15 is 0 Å². The Bertz CT molecular complexity index is 653. The average molecular weight is 262 g/mol. The Kier molecular flexibility index (Phi) is 3.38. The minimum absolute atomic E-state index is 0.239. The normalized spacial score (nSPS) is 10.7. The van der Waals surface area contributed by atoms with Crippen molar-refractivity contribution in [2.24, 2.45) is 0 Å². The van der Waals surface area contributed by atoms with Gasteiger partial charge in [-0.3, -0.25) is 9.78 Å². The van der Waals surface area contributed by atoms with E-state index in [1.54, 1.807) is 0 Å². The number of aryl methyl sites for hydroxylation is 1. The number of nitrogens with zero attached hydrogens (tertiary/aromatic N) is 2. The van der Waals surface area contributed by atoms with Gasteiger partial charge in [-0.2, -0.15) is 0 Å². The quantitative estimate of drug-likeness (QED) is 0.922. The van der Waals surface area contributed by atoms with E-state index in [1.807, 2.05) is 32.0 Å². The number of aliphatic carboxylic acids is 1. The van der Waals surface area contributed by atoms with Gasteiger partial charge in [-0.15, -0.1) is 0 Å². The lowest BCUT2D eigenvalue weighted by Crippen LogP contribution is -2.11. The number of anilines is 1. The van der Waals surface area contributed by atoms with E-state index in [0.29, 0.717) is 16.5 Å². The van der Waals surface area contributed by atoms with Crippen LogP contribution >= 0.6 is 0 Å². The fourth-order valence-corrected chi connectivity index (χ4v) is 2.13. The minimum atomic E-state index is -0.999. The minimum Gasteiger partial charge on any atom is -0.481 e. The predicted molar refractivity (Wildman–Crippen MR) is 72.1 cm³/mol. The van der Waals surface area contributed by atoms with Gasteiger partial charge in [-0.25, -0.2) is 4.39 Å². The Hall–Kier alpha value is -2.17. The van der Waals surface area contributed by atoms with Crippen LogP contribution in [0.1, 0.15) is 11.3 Å². The van der Waals surface area contributed by atoms with Crippen molar-refractivity contribution in [2.75, 3.05) is 19.0 Å². The summed E-state index contributed by atoms with van der Waals surface area (Å²) in [4.78, 5) is 17.1. The third-order valence-corrected chi connectivity index (χ3v) is 2.89. The first-order valence-corrected chi connectivity index (χ1v) is 5.87. The third kappa shape index (κ3) is 2.65. The number of aromatic nitrogens is 1. The maximum absolute atomic E-state index is 13.7. The van der Waals surface area contributed by atoms with E-state index in [1.165, 1.54) is 12.1 Å². The van der Waals surface area contributed by atoms with Crippen LogP contribution in [-0.2, 0) is 11.2 Å². The summed E-state index contributed by atoms with van der Waals surface area (Å²) in [7, 11) is 3.71. The molecule has 0 radical (unpaired) electrons. The van der Waals surface area contributed by atoms with Crippen molar-refractivity contribution in [1.82, 2.24) is 4.98 Å². The Morgan fingerprint density at radius 1 is 1.37 bits per heavy atom. The molecule has 100 valence electrons. The molecule has 0 saturated heterocycles. The van der Waals surface area contributed by atoms with Gasteiger partial charge in [0.15, 0.2) is 0 Å². The Morgan fingerprint density at radius 2 is 2.05 bits per heavy atom. The zero-order valence-corrected chi connectivity index (χ0v) is 11.1. The summed E-state index contributed by atoms with van der Waals surface area (Å²) in [6.07, 6.45) is -0.239. The molecule has 0 atom stereocenters. The zero-order chi connectivity index (χ0) is 14.2. The van der Waals surface area contributed by atoms with E-state index in [0.717, 1.165) is 11.4 Å². The SMILES string of the molecule is Cc1cc(N(C)C)c2cc(F)cc(CC(=O)O)c2n1. The standard InChI is InChI=1S/C14H15FN2O2/c1-8-4-12(17(2)3)11-7-10(15)5-9(6-13(18)19)14(11)16-8/h4-5,7H,6H2,1-3H3,(H,18,19). The van der Waals surface area contributed by atoms with Gasteiger partial charge in [0, 0.05) is 30.9 Å². The summed E-state index contributed by atoms with van der Waals surface area (Å²) in [5.41, 5.74) is 2.55. The van der Waals surface area contributed by atoms with Gasteiger partial charge >= 0.3 is 5.97 Å². The van der Waals surface area contributed by atoms with Gasteiger partial charge in [0.1, 0.15) is 5.82 Å². The van der Waals surface area contributed by atoms with Crippen molar-refractivity contribution in [1.29, 1.82) is 0 Å². The molecule has 0 unspecified atom stereocenters. The van der Waals surface area contributed by atoms with Gasteiger partial charge in [-0.1, -0.05) is 0 Å². The molecular formula is C14H15FN2O2. The van der Waals surface area contributed by atoms with Gasteiger partial charge in [0.05, 0.1) is 11.9 Å². The lowest BCUT2D eigenvalue weighted by Gasteiger charge is -2.17. The molecule has 4 nitrogen and oxygen atoms in total. The molecule has 0 fully saturated rings. The molecule has 0 aliphatic heterocycles. The topological polar surface area (TPSA) is 53.4 Å². The van der Waals surface area contributed by atoms with E-state index in [9.17, 15) is 9.18 Å². The van der Waals surface area contributed by atoms with Gasteiger partial charge < -0.3 is 10.0 Å². The van der Waals surface area contributed by atoms with Crippen LogP contribution in [0.5, 0.6) is 0 Å². The van der Waals surface area contributed by atoms with Crippen LogP contribution in [-0.4, -0.2) is 30.2 Å². The summed E-state index contributed by atoms with van der Waals surface area (Å²) >= 11 is 0. The number of fused-ring (bicyclic) bond motifs is 1. The molecule has 1 aromatic heterocycles. The van der Waals surface area contributed by atoms with Gasteiger partial charge in [0.2, 0.25) is 0 Å². The molecule has 2 aromatic rings. The van der Waals surface area contributed by atoms with Crippen molar-refractivity contribution in [3.63, 3.8) is 0 Å². The smallest absolute Gasteiger partial charge is 0.307 e. The predicted octanol–water partition coefficient (Wildman–Crippen LogP) is 2.38. The molecule has 5 heteroatoms. The fourth-order valence-electron chi connectivity index (χ4n) is 2.13. The third-order valence-electron chi connectivity index (χ3n) is 2.89. The van der Waals surface area contributed by atoms with E-state index in [-0.39, 0.29) is 6.42 Å². The van der Waals surface area contributed by atoms with Crippen molar-refractivity contribution < 1.29 is 14.3 Å². The van der Waals surface area contributed by atoms with Crippen LogP contribution in [0.3, 0.4) is 0 Å². The Balaban J connectivity index is 2.80. The highest BCUT2D eigenvalue weighted by atomic mass is 19.1. The van der Waals surface area contributed by atoms with E-state index < -0.39 is 11.8 Å². The number of hydrogen-bond acceptors (Lipinski definition) is 3. The van der Waals surface area contributed by atoms with E-state index in [2.05, 4.69) is 4.98 Å². The number of carbonyl (C=O) groups is 1. The second kappa shape index (κ2) is 4.84. The second-order valence-corrected chi connectivity index (χ2v) is 4.71. The maximum atomic E-state index is 13.7. The molecule has 0 aliphatic carbocycles. The van der Waals surface area contributed by atoms with Crippen molar-refractivity contribution in [3.05, 3.63) is 35.3 Å². The molecule has 1 N–H and O–H groups in total. The number of benzene rings is 1. The molecule has 0 aliphatic rings. The number of carboxylic acid groups (broad SMARTS) is 1. The summed E-state index contributed by atoms with van der Waals surface area (Å²) in [5, 5.41) is 9.54. The second-order valence-electron chi connectivity index (χ2n) is 4.71. The van der Waals surface area contributed by atoms with Crippen molar-refractivity contribution in [2.45, 2.75) is 13.3 Å². The van der Waals surface area contributed by atoms with Crippen LogP contribution in [0.2, 0.25) is 0 Å². The van der Waals surface area contributed by atoms with Crippen LogP contribution in [0.25, 0.3) is 10.9 Å². The molecule has 0 saturated carbocycles. The highest BCUT2D eigenvalue weighted by Gasteiger charge is 2.13. The van der Waals surface area contributed by atoms with Gasteiger partial charge in [-0.05, 0) is 30.7 Å². The number of hydrogen-bond donors (Lipinski definition) is 1. The molecule has 1 heterocycles. The lowest BCUT2D eigenvalue weighted by molar-refractivity contribution is -0.136. The monoisotopic (exact) mass is 262 g/mol. The lowest BCUT2D eigenvalue weighted by atomic mass is 10.0. The maximum Gasteiger partial charge on any atom is 0.307 e. The average Bonchev–Trinajstić information content (AvgIpc) is 2.28. The molecule has 2 rings (SSSR count). The van der Waals surface area contributed by atoms with Crippen LogP contribution in [0, 0.1) is 12.7 Å². The largest absolute Gasteiger partial charge is 0.481 e.